The Hall–Kier alpha value is -1.91. The molecule has 2 aliphatic rings. The normalized spacial score (nSPS) is 25.9. The van der Waals surface area contributed by atoms with Crippen molar-refractivity contribution in [2.24, 2.45) is 5.92 Å². The highest BCUT2D eigenvalue weighted by Gasteiger charge is 2.53. The highest BCUT2D eigenvalue weighted by atomic mass is 127. The Morgan fingerprint density at radius 2 is 1.90 bits per heavy atom. The maximum atomic E-state index is 12.6. The number of carbonyl (C=O) groups is 2. The number of hydrogen-bond donors (Lipinski definition) is 1. The average Bonchev–Trinajstić information content (AvgIpc) is 3.23. The minimum absolute atomic E-state index is 0.0187. The molecule has 2 heterocycles. The number of hydrogen-bond acceptors (Lipinski definition) is 8. The quantitative estimate of drug-likeness (QED) is 0.0597. The smallest absolute Gasteiger partial charge is 0.478 e. The van der Waals surface area contributed by atoms with E-state index >= 15 is 0 Å². The Kier molecular flexibility index (Phi) is 10.3. The summed E-state index contributed by atoms with van der Waals surface area (Å²) in [7, 11) is -5.78. The zero-order valence-corrected chi connectivity index (χ0v) is 24.1. The molecule has 9 nitrogen and oxygen atoms in total. The van der Waals surface area contributed by atoms with Crippen molar-refractivity contribution in [3.05, 3.63) is 47.7 Å². The van der Waals surface area contributed by atoms with Crippen LogP contribution in [0.15, 0.2) is 36.6 Å². The van der Waals surface area contributed by atoms with Gasteiger partial charge in [0.1, 0.15) is 11.4 Å². The molecule has 3 rings (SSSR count). The van der Waals surface area contributed by atoms with Gasteiger partial charge in [-0.25, -0.2) is 9.59 Å². The maximum absolute atomic E-state index is 12.6. The Balaban J connectivity index is 1.49. The summed E-state index contributed by atoms with van der Waals surface area (Å²) in [4.78, 5) is 23.6. The molecule has 39 heavy (non-hydrogen) atoms. The highest BCUT2D eigenvalue weighted by Crippen LogP contribution is 2.45. The van der Waals surface area contributed by atoms with Gasteiger partial charge in [0, 0.05) is 16.8 Å². The van der Waals surface area contributed by atoms with Gasteiger partial charge in [-0.15, -0.1) is 0 Å². The molecule has 0 aromatic heterocycles. The largest absolute Gasteiger partial charge is 0.534 e. The van der Waals surface area contributed by atoms with E-state index in [-0.39, 0.29) is 42.5 Å². The standard InChI is InChI=1S/C25H30F3IO9S/c1-15(16(2)38-39(33,34)25(26,27)28)12-17-9-10-21-24(14-29,37-17)13-18(36-21)6-5-11-35-23(32)20-8-4-3-7-19(20)22(30)31/h3-4,7-8,15,17-18,21H,2,5-6,9-14H2,1H3,(H,30,31)/t15-,17?,18?,21?,24?/m1/s1. The Morgan fingerprint density at radius 3 is 2.51 bits per heavy atom. The van der Waals surface area contributed by atoms with Crippen LogP contribution in [-0.4, -0.2) is 65.9 Å². The lowest BCUT2D eigenvalue weighted by Gasteiger charge is -2.41. The van der Waals surface area contributed by atoms with E-state index in [1.165, 1.54) is 25.1 Å². The number of carboxylic acid groups (broad SMARTS) is 1. The van der Waals surface area contributed by atoms with E-state index in [9.17, 15) is 36.3 Å². The van der Waals surface area contributed by atoms with Gasteiger partial charge >= 0.3 is 27.6 Å². The molecule has 218 valence electrons. The zero-order valence-electron chi connectivity index (χ0n) is 21.1. The van der Waals surface area contributed by atoms with Gasteiger partial charge in [0.05, 0.1) is 36.0 Å². The first-order valence-electron chi connectivity index (χ1n) is 12.3. The van der Waals surface area contributed by atoms with Crippen LogP contribution in [0.1, 0.15) is 66.2 Å². The summed E-state index contributed by atoms with van der Waals surface area (Å²) in [6.07, 6.45) is 2.40. The van der Waals surface area contributed by atoms with Gasteiger partial charge in [-0.05, 0) is 44.2 Å². The molecule has 1 aromatic rings. The van der Waals surface area contributed by atoms with Crippen molar-refractivity contribution in [3.63, 3.8) is 0 Å². The zero-order chi connectivity index (χ0) is 29.0. The van der Waals surface area contributed by atoms with Crippen LogP contribution in [0.2, 0.25) is 0 Å². The molecular formula is C25H30F3IO9S. The van der Waals surface area contributed by atoms with Crippen LogP contribution in [0.25, 0.3) is 0 Å². The number of esters is 1. The lowest BCUT2D eigenvalue weighted by molar-refractivity contribution is -0.156. The molecule has 0 spiro atoms. The summed E-state index contributed by atoms with van der Waals surface area (Å²) in [5, 5.41) is 9.23. The second-order valence-corrected chi connectivity index (χ2v) is 12.0. The molecule has 0 bridgehead atoms. The number of alkyl halides is 4. The van der Waals surface area contributed by atoms with Crippen molar-refractivity contribution in [3.8, 4) is 0 Å². The fourth-order valence-electron chi connectivity index (χ4n) is 4.81. The first-order chi connectivity index (χ1) is 18.2. The van der Waals surface area contributed by atoms with Crippen molar-refractivity contribution < 1.29 is 54.7 Å². The first kappa shape index (κ1) is 31.6. The summed E-state index contributed by atoms with van der Waals surface area (Å²) in [6, 6.07) is 5.81. The predicted octanol–water partition coefficient (Wildman–Crippen LogP) is 5.24. The molecule has 2 fully saturated rings. The molecule has 0 aliphatic carbocycles. The van der Waals surface area contributed by atoms with E-state index in [0.29, 0.717) is 36.5 Å². The number of halogens is 4. The summed E-state index contributed by atoms with van der Waals surface area (Å²) in [6.45, 7) is 4.99. The molecule has 5 atom stereocenters. The van der Waals surface area contributed by atoms with Gasteiger partial charge in [0.15, 0.2) is 0 Å². The van der Waals surface area contributed by atoms with E-state index in [2.05, 4.69) is 33.4 Å². The van der Waals surface area contributed by atoms with E-state index < -0.39 is 44.8 Å². The van der Waals surface area contributed by atoms with Gasteiger partial charge in [0.25, 0.3) is 0 Å². The number of carboxylic acids is 1. The van der Waals surface area contributed by atoms with Gasteiger partial charge in [-0.2, -0.15) is 21.6 Å². The number of rotatable bonds is 12. The number of aromatic carboxylic acids is 1. The molecule has 0 radical (unpaired) electrons. The summed E-state index contributed by atoms with van der Waals surface area (Å²) < 4.78 is 83.1. The first-order valence-corrected chi connectivity index (χ1v) is 15.2. The fraction of sp³-hybridized carbons (Fsp3) is 0.600. The minimum atomic E-state index is -5.78. The third-order valence-electron chi connectivity index (χ3n) is 6.84. The SMILES string of the molecule is C=C(OS(=O)(=O)C(F)(F)F)[C@H](C)CC1CCC2OC(CCCOC(=O)c3ccccc3C(=O)O)CC2(CI)O1. The van der Waals surface area contributed by atoms with Crippen molar-refractivity contribution >= 4 is 44.6 Å². The van der Waals surface area contributed by atoms with E-state index in [0.717, 1.165) is 0 Å². The molecule has 1 aromatic carbocycles. The topological polar surface area (TPSA) is 125 Å². The minimum Gasteiger partial charge on any atom is -0.478 e. The number of carbonyl (C=O) groups excluding carboxylic acids is 1. The van der Waals surface area contributed by atoms with Crippen molar-refractivity contribution in [1.29, 1.82) is 0 Å². The van der Waals surface area contributed by atoms with Crippen LogP contribution in [0.3, 0.4) is 0 Å². The molecular weight excluding hydrogens is 660 g/mol. The lowest BCUT2D eigenvalue weighted by atomic mass is 9.86. The number of benzene rings is 1. The fourth-order valence-corrected chi connectivity index (χ4v) is 6.33. The van der Waals surface area contributed by atoms with Gasteiger partial charge in [-0.1, -0.05) is 48.2 Å². The summed E-state index contributed by atoms with van der Waals surface area (Å²) >= 11 is 2.21. The Bertz CT molecular complexity index is 1170. The molecule has 1 N–H and O–H groups in total. The van der Waals surface area contributed by atoms with E-state index in [1.807, 2.05) is 0 Å². The third kappa shape index (κ3) is 7.64. The van der Waals surface area contributed by atoms with Crippen LogP contribution in [0.4, 0.5) is 13.2 Å². The van der Waals surface area contributed by atoms with Gasteiger partial charge in [0.2, 0.25) is 0 Å². The van der Waals surface area contributed by atoms with Gasteiger partial charge in [-0.3, -0.25) is 0 Å². The van der Waals surface area contributed by atoms with Crippen LogP contribution in [-0.2, 0) is 28.5 Å². The van der Waals surface area contributed by atoms with Crippen LogP contribution in [0, 0.1) is 5.92 Å². The highest BCUT2D eigenvalue weighted by molar-refractivity contribution is 14.1. The number of allylic oxidation sites excluding steroid dienone is 1. The van der Waals surface area contributed by atoms with Crippen molar-refractivity contribution in [2.75, 3.05) is 11.0 Å². The number of fused-ring (bicyclic) bond motifs is 1. The average molecular weight is 690 g/mol. The molecule has 2 saturated heterocycles. The van der Waals surface area contributed by atoms with Crippen LogP contribution >= 0.6 is 22.6 Å². The van der Waals surface area contributed by atoms with Crippen molar-refractivity contribution in [1.82, 2.24) is 0 Å². The second kappa shape index (κ2) is 12.7. The Labute approximate surface area is 238 Å². The Morgan fingerprint density at radius 1 is 1.23 bits per heavy atom. The third-order valence-corrected chi connectivity index (χ3v) is 9.13. The molecule has 0 saturated carbocycles. The lowest BCUT2D eigenvalue weighted by Crippen LogP contribution is -2.50. The molecule has 0 amide bonds. The molecule has 4 unspecified atom stereocenters. The van der Waals surface area contributed by atoms with Crippen LogP contribution in [0.5, 0.6) is 0 Å². The van der Waals surface area contributed by atoms with Crippen LogP contribution < -0.4 is 0 Å². The van der Waals surface area contributed by atoms with Gasteiger partial charge < -0.3 is 23.5 Å². The molecule has 2 aliphatic heterocycles. The maximum Gasteiger partial charge on any atom is 0.534 e. The summed E-state index contributed by atoms with van der Waals surface area (Å²) in [5.74, 6) is -3.13. The number of ether oxygens (including phenoxy) is 3. The van der Waals surface area contributed by atoms with E-state index in [1.54, 1.807) is 6.07 Å². The van der Waals surface area contributed by atoms with Crippen molar-refractivity contribution in [2.45, 2.75) is 74.9 Å². The monoisotopic (exact) mass is 690 g/mol. The molecule has 14 heteroatoms. The van der Waals surface area contributed by atoms with E-state index in [4.69, 9.17) is 14.2 Å². The predicted molar refractivity (Wildman–Crippen MR) is 141 cm³/mol. The second-order valence-electron chi connectivity index (χ2n) is 9.68. The summed E-state index contributed by atoms with van der Waals surface area (Å²) in [5.41, 5.74) is -6.29.